The molecule has 0 aliphatic rings. The monoisotopic (exact) mass is 281 g/mol. The van der Waals surface area contributed by atoms with Crippen molar-refractivity contribution in [1.29, 1.82) is 0 Å². The van der Waals surface area contributed by atoms with Crippen LogP contribution in [0.4, 0.5) is 5.95 Å². The van der Waals surface area contributed by atoms with Crippen LogP contribution in [0.15, 0.2) is 24.3 Å². The summed E-state index contributed by atoms with van der Waals surface area (Å²) in [5.74, 6) is 0.614. The molecule has 0 radical (unpaired) electrons. The molecule has 2 rings (SSSR count). The first-order valence-electron chi connectivity index (χ1n) is 5.64. The fourth-order valence-corrected chi connectivity index (χ4v) is 2.18. The van der Waals surface area contributed by atoms with Gasteiger partial charge in [-0.2, -0.15) is 0 Å². The number of halogens is 2. The van der Waals surface area contributed by atoms with Gasteiger partial charge in [0.15, 0.2) is 0 Å². The number of anilines is 1. The van der Waals surface area contributed by atoms with Crippen LogP contribution in [0.1, 0.15) is 12.6 Å². The highest BCUT2D eigenvalue weighted by molar-refractivity contribution is 6.35. The summed E-state index contributed by atoms with van der Waals surface area (Å²) in [5, 5.41) is 4.29. The number of rotatable bonds is 3. The molecule has 0 bridgehead atoms. The van der Waals surface area contributed by atoms with Crippen LogP contribution >= 0.6 is 23.2 Å². The lowest BCUT2D eigenvalue weighted by molar-refractivity contribution is 1.06. The van der Waals surface area contributed by atoms with E-state index in [1.54, 1.807) is 6.07 Å². The molecule has 5 heteroatoms. The molecule has 2 aromatic rings. The second kappa shape index (κ2) is 5.55. The lowest BCUT2D eigenvalue weighted by Gasteiger charge is -2.07. The number of benzene rings is 1. The van der Waals surface area contributed by atoms with Gasteiger partial charge in [0.1, 0.15) is 0 Å². The quantitative estimate of drug-likeness (QED) is 0.917. The van der Waals surface area contributed by atoms with Gasteiger partial charge in [0, 0.05) is 27.8 Å². The molecule has 3 nitrogen and oxygen atoms in total. The van der Waals surface area contributed by atoms with E-state index in [1.807, 2.05) is 32.0 Å². The van der Waals surface area contributed by atoms with Crippen molar-refractivity contribution in [2.75, 3.05) is 11.9 Å². The number of aromatic nitrogens is 2. The number of aryl methyl sites for hydroxylation is 1. The predicted molar refractivity (Wildman–Crippen MR) is 76.4 cm³/mol. The first kappa shape index (κ1) is 13.1. The Morgan fingerprint density at radius 1 is 1.06 bits per heavy atom. The summed E-state index contributed by atoms with van der Waals surface area (Å²) in [6.45, 7) is 4.71. The molecule has 0 aliphatic carbocycles. The molecule has 1 aromatic heterocycles. The average molecular weight is 282 g/mol. The lowest BCUT2D eigenvalue weighted by Crippen LogP contribution is -2.03. The number of nitrogens with one attached hydrogen (secondary N) is 1. The Morgan fingerprint density at radius 2 is 1.72 bits per heavy atom. The summed E-state index contributed by atoms with van der Waals surface area (Å²) >= 11 is 12.0. The van der Waals surface area contributed by atoms with Crippen molar-refractivity contribution in [3.8, 4) is 11.3 Å². The van der Waals surface area contributed by atoms with Gasteiger partial charge < -0.3 is 5.32 Å². The van der Waals surface area contributed by atoms with Crippen molar-refractivity contribution in [2.24, 2.45) is 0 Å². The van der Waals surface area contributed by atoms with E-state index in [-0.39, 0.29) is 0 Å². The fourth-order valence-electron chi connectivity index (χ4n) is 1.66. The van der Waals surface area contributed by atoms with E-state index in [4.69, 9.17) is 23.2 Å². The van der Waals surface area contributed by atoms with Gasteiger partial charge in [-0.3, -0.25) is 0 Å². The molecule has 0 spiro atoms. The van der Waals surface area contributed by atoms with Crippen molar-refractivity contribution in [2.45, 2.75) is 13.8 Å². The Balaban J connectivity index is 2.49. The molecule has 0 saturated heterocycles. The maximum Gasteiger partial charge on any atom is 0.223 e. The summed E-state index contributed by atoms with van der Waals surface area (Å²) in [6.07, 6.45) is 0. The van der Waals surface area contributed by atoms with Crippen molar-refractivity contribution >= 4 is 29.2 Å². The second-order valence-electron chi connectivity index (χ2n) is 3.91. The largest absolute Gasteiger partial charge is 0.354 e. The highest BCUT2D eigenvalue weighted by Gasteiger charge is 2.06. The highest BCUT2D eigenvalue weighted by Crippen LogP contribution is 2.26. The Bertz CT molecular complexity index is 550. The molecule has 18 heavy (non-hydrogen) atoms. The normalized spacial score (nSPS) is 10.4. The predicted octanol–water partition coefficient (Wildman–Crippen LogP) is 4.19. The molecule has 1 N–H and O–H groups in total. The summed E-state index contributed by atoms with van der Waals surface area (Å²) in [7, 11) is 0. The zero-order valence-corrected chi connectivity index (χ0v) is 11.7. The van der Waals surface area contributed by atoms with Crippen LogP contribution in [0.3, 0.4) is 0 Å². The maximum absolute atomic E-state index is 6.00. The molecular formula is C13H13Cl2N3. The Hall–Kier alpha value is -1.32. The summed E-state index contributed by atoms with van der Waals surface area (Å²) in [5.41, 5.74) is 2.59. The molecule has 0 aliphatic heterocycles. The fraction of sp³-hybridized carbons (Fsp3) is 0.231. The Kier molecular flexibility index (Phi) is 4.04. The van der Waals surface area contributed by atoms with Crippen LogP contribution in [0, 0.1) is 6.92 Å². The average Bonchev–Trinajstić information content (AvgIpc) is 2.27. The van der Waals surface area contributed by atoms with E-state index < -0.39 is 0 Å². The van der Waals surface area contributed by atoms with Crippen molar-refractivity contribution in [3.05, 3.63) is 40.0 Å². The molecular weight excluding hydrogens is 269 g/mol. The van der Waals surface area contributed by atoms with E-state index in [2.05, 4.69) is 15.3 Å². The third kappa shape index (κ3) is 3.12. The minimum absolute atomic E-state index is 0.596. The van der Waals surface area contributed by atoms with Crippen LogP contribution in [0.5, 0.6) is 0 Å². The smallest absolute Gasteiger partial charge is 0.223 e. The summed E-state index contributed by atoms with van der Waals surface area (Å²) < 4.78 is 0. The third-order valence-corrected chi connectivity index (χ3v) is 2.78. The van der Waals surface area contributed by atoms with Crippen LogP contribution in [0.25, 0.3) is 11.3 Å². The van der Waals surface area contributed by atoms with E-state index >= 15 is 0 Å². The number of hydrogen-bond donors (Lipinski definition) is 1. The van der Waals surface area contributed by atoms with E-state index in [0.29, 0.717) is 16.0 Å². The van der Waals surface area contributed by atoms with Crippen LogP contribution in [-0.2, 0) is 0 Å². The molecule has 0 amide bonds. The first-order chi connectivity index (χ1) is 8.58. The second-order valence-corrected chi connectivity index (χ2v) is 4.78. The van der Waals surface area contributed by atoms with Gasteiger partial charge in [-0.25, -0.2) is 9.97 Å². The maximum atomic E-state index is 6.00. The summed E-state index contributed by atoms with van der Waals surface area (Å²) in [4.78, 5) is 8.74. The highest BCUT2D eigenvalue weighted by atomic mass is 35.5. The van der Waals surface area contributed by atoms with Gasteiger partial charge in [0.25, 0.3) is 0 Å². The molecule has 0 atom stereocenters. The molecule has 1 aromatic carbocycles. The van der Waals surface area contributed by atoms with Crippen LogP contribution < -0.4 is 5.32 Å². The molecule has 0 saturated carbocycles. The van der Waals surface area contributed by atoms with E-state index in [0.717, 1.165) is 23.5 Å². The topological polar surface area (TPSA) is 37.8 Å². The third-order valence-electron chi connectivity index (χ3n) is 2.35. The number of hydrogen-bond acceptors (Lipinski definition) is 3. The molecule has 1 heterocycles. The van der Waals surface area contributed by atoms with Gasteiger partial charge >= 0.3 is 0 Å². The van der Waals surface area contributed by atoms with Crippen LogP contribution in [-0.4, -0.2) is 16.5 Å². The van der Waals surface area contributed by atoms with Crippen molar-refractivity contribution in [3.63, 3.8) is 0 Å². The zero-order chi connectivity index (χ0) is 13.1. The van der Waals surface area contributed by atoms with Crippen molar-refractivity contribution in [1.82, 2.24) is 9.97 Å². The summed E-state index contributed by atoms with van der Waals surface area (Å²) in [6, 6.07) is 7.28. The van der Waals surface area contributed by atoms with Gasteiger partial charge in [0.2, 0.25) is 5.95 Å². The Labute approximate surface area is 116 Å². The van der Waals surface area contributed by atoms with Gasteiger partial charge in [-0.05, 0) is 38.1 Å². The number of nitrogens with zero attached hydrogens (tertiary/aromatic N) is 2. The van der Waals surface area contributed by atoms with Gasteiger partial charge in [-0.15, -0.1) is 0 Å². The van der Waals surface area contributed by atoms with Crippen molar-refractivity contribution < 1.29 is 0 Å². The minimum atomic E-state index is 0.596. The molecule has 94 valence electrons. The van der Waals surface area contributed by atoms with Gasteiger partial charge in [0.05, 0.1) is 5.69 Å². The molecule has 0 unspecified atom stereocenters. The SMILES string of the molecule is CCNc1nc(C)cc(-c2cc(Cl)cc(Cl)c2)n1. The van der Waals surface area contributed by atoms with E-state index in [1.165, 1.54) is 0 Å². The standard InChI is InChI=1S/C13H13Cl2N3/c1-3-16-13-17-8(2)4-12(18-13)9-5-10(14)7-11(15)6-9/h4-7H,3H2,1-2H3,(H,16,17,18). The van der Waals surface area contributed by atoms with E-state index in [9.17, 15) is 0 Å². The first-order valence-corrected chi connectivity index (χ1v) is 6.40. The Morgan fingerprint density at radius 3 is 2.33 bits per heavy atom. The lowest BCUT2D eigenvalue weighted by atomic mass is 10.1. The molecule has 0 fully saturated rings. The minimum Gasteiger partial charge on any atom is -0.354 e. The zero-order valence-electron chi connectivity index (χ0n) is 10.2. The van der Waals surface area contributed by atoms with Gasteiger partial charge in [-0.1, -0.05) is 23.2 Å². The van der Waals surface area contributed by atoms with Crippen LogP contribution in [0.2, 0.25) is 10.0 Å².